The maximum Gasteiger partial charge on any atom is 0.337 e. The van der Waals surface area contributed by atoms with Gasteiger partial charge < -0.3 is 14.8 Å². The van der Waals surface area contributed by atoms with Crippen LogP contribution in [0, 0.1) is 11.3 Å². The van der Waals surface area contributed by atoms with Crippen LogP contribution in [0.25, 0.3) is 0 Å². The number of benzene rings is 1. The molecule has 0 aliphatic heterocycles. The Kier molecular flexibility index (Phi) is 5.35. The number of methoxy groups -OCH3 is 1. The Morgan fingerprint density at radius 1 is 1.42 bits per heavy atom. The van der Waals surface area contributed by atoms with Gasteiger partial charge in [-0.3, -0.25) is 4.79 Å². The zero-order chi connectivity index (χ0) is 14.3. The van der Waals surface area contributed by atoms with Crippen molar-refractivity contribution in [3.8, 4) is 6.07 Å². The second kappa shape index (κ2) is 7.01. The first kappa shape index (κ1) is 14.5. The standard InChI is InChI=1S/C13H14N2O4/c1-3-19-12(16)8-15-11-5-4-9(13(17)18-2)6-10(11)7-14/h4-6,15H,3,8H2,1-2H3. The van der Waals surface area contributed by atoms with Gasteiger partial charge in [-0.25, -0.2) is 4.79 Å². The molecule has 1 aromatic carbocycles. The lowest BCUT2D eigenvalue weighted by molar-refractivity contribution is -0.140. The second-order valence-electron chi connectivity index (χ2n) is 3.52. The van der Waals surface area contributed by atoms with E-state index in [1.54, 1.807) is 13.0 Å². The zero-order valence-electron chi connectivity index (χ0n) is 10.7. The molecule has 0 saturated carbocycles. The lowest BCUT2D eigenvalue weighted by Gasteiger charge is -2.08. The van der Waals surface area contributed by atoms with E-state index >= 15 is 0 Å². The van der Waals surface area contributed by atoms with Gasteiger partial charge in [0.25, 0.3) is 0 Å². The highest BCUT2D eigenvalue weighted by Gasteiger charge is 2.10. The van der Waals surface area contributed by atoms with Crippen molar-refractivity contribution in [1.29, 1.82) is 5.26 Å². The quantitative estimate of drug-likeness (QED) is 0.805. The van der Waals surface area contributed by atoms with Gasteiger partial charge >= 0.3 is 11.9 Å². The molecule has 0 spiro atoms. The number of nitrogens with one attached hydrogen (secondary N) is 1. The minimum absolute atomic E-state index is 0.0416. The summed E-state index contributed by atoms with van der Waals surface area (Å²) >= 11 is 0. The fourth-order valence-corrected chi connectivity index (χ4v) is 1.42. The number of ether oxygens (including phenoxy) is 2. The second-order valence-corrected chi connectivity index (χ2v) is 3.52. The molecule has 0 atom stereocenters. The number of hydrogen-bond donors (Lipinski definition) is 1. The Labute approximate surface area is 110 Å². The number of esters is 2. The van der Waals surface area contributed by atoms with E-state index in [-0.39, 0.29) is 17.7 Å². The van der Waals surface area contributed by atoms with E-state index in [1.807, 2.05) is 6.07 Å². The molecule has 6 heteroatoms. The van der Waals surface area contributed by atoms with E-state index in [1.165, 1.54) is 19.2 Å². The molecule has 0 bridgehead atoms. The molecule has 0 aromatic heterocycles. The Balaban J connectivity index is 2.83. The van der Waals surface area contributed by atoms with E-state index < -0.39 is 11.9 Å². The molecule has 0 amide bonds. The van der Waals surface area contributed by atoms with Gasteiger partial charge in [0.05, 0.1) is 30.5 Å². The lowest BCUT2D eigenvalue weighted by atomic mass is 10.1. The molecule has 1 N–H and O–H groups in total. The summed E-state index contributed by atoms with van der Waals surface area (Å²) in [4.78, 5) is 22.5. The summed E-state index contributed by atoms with van der Waals surface area (Å²) < 4.78 is 9.32. The lowest BCUT2D eigenvalue weighted by Crippen LogP contribution is -2.17. The van der Waals surface area contributed by atoms with Crippen molar-refractivity contribution in [2.24, 2.45) is 0 Å². The molecule has 0 saturated heterocycles. The first-order valence-electron chi connectivity index (χ1n) is 5.64. The molecule has 100 valence electrons. The molecule has 1 aromatic rings. The van der Waals surface area contributed by atoms with E-state index in [4.69, 9.17) is 10.00 Å². The van der Waals surface area contributed by atoms with Crippen molar-refractivity contribution in [3.05, 3.63) is 29.3 Å². The number of anilines is 1. The normalized spacial score (nSPS) is 9.32. The topological polar surface area (TPSA) is 88.4 Å². The number of nitrogens with zero attached hydrogens (tertiary/aromatic N) is 1. The molecule has 1 rings (SSSR count). The van der Waals surface area contributed by atoms with Gasteiger partial charge in [-0.2, -0.15) is 5.26 Å². The van der Waals surface area contributed by atoms with Gasteiger partial charge in [0.1, 0.15) is 12.6 Å². The Hall–Kier alpha value is -2.55. The Morgan fingerprint density at radius 2 is 2.16 bits per heavy atom. The molecule has 19 heavy (non-hydrogen) atoms. The van der Waals surface area contributed by atoms with Crippen LogP contribution in [-0.2, 0) is 14.3 Å². The monoisotopic (exact) mass is 262 g/mol. The molecular formula is C13H14N2O4. The van der Waals surface area contributed by atoms with Gasteiger partial charge in [-0.15, -0.1) is 0 Å². The van der Waals surface area contributed by atoms with E-state index in [2.05, 4.69) is 10.1 Å². The van der Waals surface area contributed by atoms with Gasteiger partial charge in [0.2, 0.25) is 0 Å². The van der Waals surface area contributed by atoms with Gasteiger partial charge in [0, 0.05) is 0 Å². The molecule has 0 aliphatic carbocycles. The van der Waals surface area contributed by atoms with Crippen LogP contribution >= 0.6 is 0 Å². The third-order valence-corrected chi connectivity index (χ3v) is 2.29. The minimum atomic E-state index is -0.520. The Bertz CT molecular complexity index is 520. The van der Waals surface area contributed by atoms with Crippen molar-refractivity contribution < 1.29 is 19.1 Å². The largest absolute Gasteiger partial charge is 0.465 e. The number of carbonyl (C=O) groups is 2. The van der Waals surface area contributed by atoms with E-state index in [0.717, 1.165) is 0 Å². The molecule has 0 unspecified atom stereocenters. The fraction of sp³-hybridized carbons (Fsp3) is 0.308. The maximum atomic E-state index is 11.3. The highest BCUT2D eigenvalue weighted by Crippen LogP contribution is 2.17. The third-order valence-electron chi connectivity index (χ3n) is 2.29. The summed E-state index contributed by atoms with van der Waals surface area (Å²) in [5.41, 5.74) is 0.996. The zero-order valence-corrected chi connectivity index (χ0v) is 10.7. The molecule has 0 heterocycles. The summed E-state index contributed by atoms with van der Waals surface area (Å²) in [5, 5.41) is 11.8. The average molecular weight is 262 g/mol. The molecule has 0 aliphatic rings. The van der Waals surface area contributed by atoms with Gasteiger partial charge in [-0.1, -0.05) is 0 Å². The van der Waals surface area contributed by atoms with Crippen LogP contribution < -0.4 is 5.32 Å². The minimum Gasteiger partial charge on any atom is -0.465 e. The first-order chi connectivity index (χ1) is 9.12. The summed E-state index contributed by atoms with van der Waals surface area (Å²) in [6.45, 7) is 1.97. The predicted molar refractivity (Wildman–Crippen MR) is 67.6 cm³/mol. The number of nitriles is 1. The maximum absolute atomic E-state index is 11.3. The van der Waals surface area contributed by atoms with Crippen molar-refractivity contribution >= 4 is 17.6 Å². The highest BCUT2D eigenvalue weighted by atomic mass is 16.5. The van der Waals surface area contributed by atoms with Crippen LogP contribution in [0.4, 0.5) is 5.69 Å². The molecule has 0 radical (unpaired) electrons. The van der Waals surface area contributed by atoms with E-state index in [0.29, 0.717) is 12.3 Å². The van der Waals surface area contributed by atoms with Crippen LogP contribution in [0.1, 0.15) is 22.8 Å². The fourth-order valence-electron chi connectivity index (χ4n) is 1.42. The molecule has 6 nitrogen and oxygen atoms in total. The van der Waals surface area contributed by atoms with Crippen molar-refractivity contribution in [2.75, 3.05) is 25.6 Å². The van der Waals surface area contributed by atoms with Gasteiger partial charge in [0.15, 0.2) is 0 Å². The molecule has 0 fully saturated rings. The number of carbonyl (C=O) groups excluding carboxylic acids is 2. The van der Waals surface area contributed by atoms with E-state index in [9.17, 15) is 9.59 Å². The summed E-state index contributed by atoms with van der Waals surface area (Å²) in [5.74, 6) is -0.933. The summed E-state index contributed by atoms with van der Waals surface area (Å²) in [6, 6.07) is 6.41. The van der Waals surface area contributed by atoms with Gasteiger partial charge in [-0.05, 0) is 25.1 Å². The average Bonchev–Trinajstić information content (AvgIpc) is 2.44. The number of rotatable bonds is 5. The Morgan fingerprint density at radius 3 is 2.74 bits per heavy atom. The summed E-state index contributed by atoms with van der Waals surface area (Å²) in [6.07, 6.45) is 0. The van der Waals surface area contributed by atoms with Crippen molar-refractivity contribution in [3.63, 3.8) is 0 Å². The van der Waals surface area contributed by atoms with Crippen LogP contribution in [-0.4, -0.2) is 32.2 Å². The third kappa shape index (κ3) is 4.00. The highest BCUT2D eigenvalue weighted by molar-refractivity contribution is 5.90. The van der Waals surface area contributed by atoms with Crippen molar-refractivity contribution in [1.82, 2.24) is 0 Å². The van der Waals surface area contributed by atoms with Crippen molar-refractivity contribution in [2.45, 2.75) is 6.92 Å². The number of hydrogen-bond acceptors (Lipinski definition) is 6. The SMILES string of the molecule is CCOC(=O)CNc1ccc(C(=O)OC)cc1C#N. The van der Waals surface area contributed by atoms with Crippen LogP contribution in [0.2, 0.25) is 0 Å². The molecular weight excluding hydrogens is 248 g/mol. The smallest absolute Gasteiger partial charge is 0.337 e. The van der Waals surface area contributed by atoms with Crippen LogP contribution in [0.5, 0.6) is 0 Å². The van der Waals surface area contributed by atoms with Crippen LogP contribution in [0.15, 0.2) is 18.2 Å². The first-order valence-corrected chi connectivity index (χ1v) is 5.64. The predicted octanol–water partition coefficient (Wildman–Crippen LogP) is 1.32. The van der Waals surface area contributed by atoms with Crippen LogP contribution in [0.3, 0.4) is 0 Å². The summed E-state index contributed by atoms with van der Waals surface area (Å²) in [7, 11) is 1.27.